The Hall–Kier alpha value is -2.20. The van der Waals surface area contributed by atoms with Crippen LogP contribution in [0.1, 0.15) is 12.5 Å². The maximum absolute atomic E-state index is 12.1. The Morgan fingerprint density at radius 3 is 2.60 bits per heavy atom. The second kappa shape index (κ2) is 5.06. The van der Waals surface area contributed by atoms with E-state index in [9.17, 15) is 4.79 Å². The second-order valence-corrected chi connectivity index (χ2v) is 5.05. The average Bonchev–Trinajstić information content (AvgIpc) is 2.46. The smallest absolute Gasteiger partial charge is 0.255 e. The molecular formula is C16H14N2OS. The second-order valence-electron chi connectivity index (χ2n) is 4.64. The molecular weight excluding hydrogens is 268 g/mol. The number of H-pyrrole nitrogens is 2. The standard InChI is InChI=1S/C16H14N2OS/c1-2-11-14(17-16(20)18-15(11)19)13-9-5-7-10-6-3-4-8-12(10)13/h3-9H,2H2,1H3,(H2,17,18,19,20). The van der Waals surface area contributed by atoms with Gasteiger partial charge in [-0.15, -0.1) is 0 Å². The lowest BCUT2D eigenvalue weighted by atomic mass is 9.99. The van der Waals surface area contributed by atoms with Crippen molar-refractivity contribution in [3.63, 3.8) is 0 Å². The third kappa shape index (κ3) is 2.08. The summed E-state index contributed by atoms with van der Waals surface area (Å²) >= 11 is 5.11. The molecule has 0 atom stereocenters. The van der Waals surface area contributed by atoms with Crippen molar-refractivity contribution in [2.24, 2.45) is 0 Å². The molecule has 3 nitrogen and oxygen atoms in total. The minimum absolute atomic E-state index is 0.112. The van der Waals surface area contributed by atoms with Gasteiger partial charge in [-0.1, -0.05) is 49.4 Å². The predicted octanol–water partition coefficient (Wildman–Crippen LogP) is 3.82. The Kier molecular flexibility index (Phi) is 3.24. The molecule has 0 unspecified atom stereocenters. The van der Waals surface area contributed by atoms with E-state index in [1.807, 2.05) is 31.2 Å². The lowest BCUT2D eigenvalue weighted by Crippen LogP contribution is -2.15. The maximum atomic E-state index is 12.1. The van der Waals surface area contributed by atoms with E-state index < -0.39 is 0 Å². The summed E-state index contributed by atoms with van der Waals surface area (Å²) in [5.74, 6) is 0. The summed E-state index contributed by atoms with van der Waals surface area (Å²) in [5, 5.41) is 2.26. The molecule has 1 heterocycles. The quantitative estimate of drug-likeness (QED) is 0.702. The van der Waals surface area contributed by atoms with Gasteiger partial charge < -0.3 is 4.98 Å². The largest absolute Gasteiger partial charge is 0.331 e. The molecule has 0 fully saturated rings. The Morgan fingerprint density at radius 1 is 1.05 bits per heavy atom. The van der Waals surface area contributed by atoms with Crippen molar-refractivity contribution >= 4 is 23.0 Å². The first-order chi connectivity index (χ1) is 9.70. The van der Waals surface area contributed by atoms with Crippen molar-refractivity contribution in [2.45, 2.75) is 13.3 Å². The van der Waals surface area contributed by atoms with Crippen molar-refractivity contribution < 1.29 is 0 Å². The Morgan fingerprint density at radius 2 is 1.80 bits per heavy atom. The average molecular weight is 282 g/mol. The zero-order valence-corrected chi connectivity index (χ0v) is 11.9. The van der Waals surface area contributed by atoms with Crippen LogP contribution in [-0.4, -0.2) is 9.97 Å². The zero-order valence-electron chi connectivity index (χ0n) is 11.1. The van der Waals surface area contributed by atoms with Crippen LogP contribution < -0.4 is 5.56 Å². The molecule has 0 aliphatic carbocycles. The monoisotopic (exact) mass is 282 g/mol. The van der Waals surface area contributed by atoms with E-state index in [1.165, 1.54) is 0 Å². The van der Waals surface area contributed by atoms with Crippen LogP contribution in [-0.2, 0) is 6.42 Å². The van der Waals surface area contributed by atoms with Crippen molar-refractivity contribution in [1.82, 2.24) is 9.97 Å². The van der Waals surface area contributed by atoms with Gasteiger partial charge in [0.05, 0.1) is 5.69 Å². The highest BCUT2D eigenvalue weighted by Gasteiger charge is 2.11. The van der Waals surface area contributed by atoms with Gasteiger partial charge in [0.25, 0.3) is 5.56 Å². The molecule has 0 aliphatic rings. The van der Waals surface area contributed by atoms with E-state index >= 15 is 0 Å². The van der Waals surface area contributed by atoms with Gasteiger partial charge in [-0.2, -0.15) is 0 Å². The molecule has 4 heteroatoms. The topological polar surface area (TPSA) is 48.6 Å². The Balaban J connectivity index is 2.42. The zero-order chi connectivity index (χ0) is 14.1. The number of rotatable bonds is 2. The van der Waals surface area contributed by atoms with Crippen LogP contribution in [0, 0.1) is 4.77 Å². The van der Waals surface area contributed by atoms with Gasteiger partial charge in [0.2, 0.25) is 0 Å². The van der Waals surface area contributed by atoms with E-state index in [2.05, 4.69) is 28.2 Å². The van der Waals surface area contributed by atoms with Gasteiger partial charge in [0.1, 0.15) is 0 Å². The van der Waals surface area contributed by atoms with Crippen LogP contribution >= 0.6 is 12.2 Å². The van der Waals surface area contributed by atoms with E-state index in [4.69, 9.17) is 12.2 Å². The highest BCUT2D eigenvalue weighted by atomic mass is 32.1. The molecule has 0 amide bonds. The summed E-state index contributed by atoms with van der Waals surface area (Å²) in [5.41, 5.74) is 2.45. The first kappa shape index (κ1) is 12.8. The maximum Gasteiger partial charge on any atom is 0.255 e. The molecule has 0 radical (unpaired) electrons. The fourth-order valence-electron chi connectivity index (χ4n) is 2.52. The van der Waals surface area contributed by atoms with Gasteiger partial charge in [-0.3, -0.25) is 9.78 Å². The lowest BCUT2D eigenvalue weighted by molar-refractivity contribution is 0.996. The molecule has 0 spiro atoms. The van der Waals surface area contributed by atoms with Crippen molar-refractivity contribution in [3.05, 3.63) is 63.2 Å². The van der Waals surface area contributed by atoms with Crippen LogP contribution in [0.5, 0.6) is 0 Å². The van der Waals surface area contributed by atoms with Gasteiger partial charge >= 0.3 is 0 Å². The molecule has 3 rings (SSSR count). The molecule has 0 saturated heterocycles. The number of benzene rings is 2. The third-order valence-corrected chi connectivity index (χ3v) is 3.66. The minimum atomic E-state index is -0.112. The summed E-state index contributed by atoms with van der Waals surface area (Å²) in [4.78, 5) is 17.8. The molecule has 2 aromatic carbocycles. The molecule has 0 bridgehead atoms. The van der Waals surface area contributed by atoms with E-state index in [0.29, 0.717) is 11.2 Å². The summed E-state index contributed by atoms with van der Waals surface area (Å²) in [6.45, 7) is 1.97. The van der Waals surface area contributed by atoms with Crippen molar-refractivity contribution in [2.75, 3.05) is 0 Å². The summed E-state index contributed by atoms with van der Waals surface area (Å²) in [6.07, 6.45) is 0.653. The minimum Gasteiger partial charge on any atom is -0.331 e. The number of hydrogen-bond donors (Lipinski definition) is 2. The molecule has 0 saturated carbocycles. The van der Waals surface area contributed by atoms with E-state index in [0.717, 1.165) is 27.6 Å². The number of hydrogen-bond acceptors (Lipinski definition) is 2. The Bertz CT molecular complexity index is 887. The van der Waals surface area contributed by atoms with Gasteiger partial charge in [-0.05, 0) is 29.4 Å². The van der Waals surface area contributed by atoms with E-state index in [-0.39, 0.29) is 5.56 Å². The van der Waals surface area contributed by atoms with Crippen LogP contribution in [0.2, 0.25) is 0 Å². The molecule has 0 aliphatic heterocycles. The number of aromatic nitrogens is 2. The van der Waals surface area contributed by atoms with Gasteiger partial charge in [-0.25, -0.2) is 0 Å². The van der Waals surface area contributed by atoms with Crippen LogP contribution in [0.3, 0.4) is 0 Å². The van der Waals surface area contributed by atoms with Gasteiger partial charge in [0.15, 0.2) is 4.77 Å². The van der Waals surface area contributed by atoms with Crippen LogP contribution in [0.4, 0.5) is 0 Å². The van der Waals surface area contributed by atoms with Crippen molar-refractivity contribution in [1.29, 1.82) is 0 Å². The molecule has 2 N–H and O–H groups in total. The van der Waals surface area contributed by atoms with Crippen LogP contribution in [0.15, 0.2) is 47.3 Å². The van der Waals surface area contributed by atoms with Crippen LogP contribution in [0.25, 0.3) is 22.0 Å². The lowest BCUT2D eigenvalue weighted by Gasteiger charge is -2.10. The normalized spacial score (nSPS) is 10.8. The number of nitrogens with one attached hydrogen (secondary N) is 2. The van der Waals surface area contributed by atoms with E-state index in [1.54, 1.807) is 0 Å². The Labute approximate surface area is 121 Å². The first-order valence-electron chi connectivity index (χ1n) is 6.54. The summed E-state index contributed by atoms with van der Waals surface area (Å²) in [6, 6.07) is 14.2. The fourth-order valence-corrected chi connectivity index (χ4v) is 2.72. The first-order valence-corrected chi connectivity index (χ1v) is 6.95. The number of aromatic amines is 2. The highest BCUT2D eigenvalue weighted by molar-refractivity contribution is 7.71. The fraction of sp³-hybridized carbons (Fsp3) is 0.125. The summed E-state index contributed by atoms with van der Waals surface area (Å²) in [7, 11) is 0. The molecule has 3 aromatic rings. The third-order valence-electron chi connectivity index (χ3n) is 3.45. The summed E-state index contributed by atoms with van der Waals surface area (Å²) < 4.78 is 0.357. The molecule has 20 heavy (non-hydrogen) atoms. The molecule has 1 aromatic heterocycles. The SMILES string of the molecule is CCc1c(-c2cccc3ccccc23)[nH]c(=S)[nH]c1=O. The van der Waals surface area contributed by atoms with Gasteiger partial charge in [0, 0.05) is 11.1 Å². The number of fused-ring (bicyclic) bond motifs is 1. The highest BCUT2D eigenvalue weighted by Crippen LogP contribution is 2.28. The van der Waals surface area contributed by atoms with Crippen molar-refractivity contribution in [3.8, 4) is 11.3 Å². The molecule has 100 valence electrons. The predicted molar refractivity (Wildman–Crippen MR) is 84.6 cm³/mol.